The quantitative estimate of drug-likeness (QED) is 0.870. The Morgan fingerprint density at radius 3 is 2.55 bits per heavy atom. The zero-order valence-electron chi connectivity index (χ0n) is 12.7. The second-order valence-electron chi connectivity index (χ2n) is 5.88. The summed E-state index contributed by atoms with van der Waals surface area (Å²) in [5.74, 6) is -0.164. The largest absolute Gasteiger partial charge is 0.381 e. The van der Waals surface area contributed by atoms with Gasteiger partial charge in [0.25, 0.3) is 0 Å². The van der Waals surface area contributed by atoms with Crippen molar-refractivity contribution in [2.24, 2.45) is 5.92 Å². The Kier molecular flexibility index (Phi) is 6.14. The second-order valence-corrected chi connectivity index (χ2v) is 8.63. The molecule has 22 heavy (non-hydrogen) atoms. The van der Waals surface area contributed by atoms with E-state index in [1.54, 1.807) is 18.2 Å². The molecular formula is C15H21Cl2NO3S. The van der Waals surface area contributed by atoms with Gasteiger partial charge in [-0.2, -0.15) is 0 Å². The van der Waals surface area contributed by atoms with Gasteiger partial charge in [0.2, 0.25) is 10.0 Å². The maximum atomic E-state index is 12.5. The molecular weight excluding hydrogens is 345 g/mol. The van der Waals surface area contributed by atoms with Crippen LogP contribution in [0.15, 0.2) is 18.2 Å². The Balaban J connectivity index is 2.24. The van der Waals surface area contributed by atoms with Crippen LogP contribution in [-0.2, 0) is 21.2 Å². The Morgan fingerprint density at radius 2 is 1.95 bits per heavy atom. The first-order chi connectivity index (χ1) is 10.3. The van der Waals surface area contributed by atoms with E-state index in [1.165, 1.54) is 0 Å². The molecule has 2 atom stereocenters. The van der Waals surface area contributed by atoms with Gasteiger partial charge in [0.05, 0.1) is 11.9 Å². The molecule has 0 aromatic heterocycles. The van der Waals surface area contributed by atoms with Crippen LogP contribution >= 0.6 is 23.2 Å². The zero-order chi connectivity index (χ0) is 16.3. The summed E-state index contributed by atoms with van der Waals surface area (Å²) in [5, 5.41) is 0.632. The van der Waals surface area contributed by atoms with Crippen LogP contribution in [-0.4, -0.2) is 32.9 Å². The molecule has 1 fully saturated rings. The highest BCUT2D eigenvalue weighted by Crippen LogP contribution is 2.31. The first-order valence-corrected chi connectivity index (χ1v) is 9.63. The van der Waals surface area contributed by atoms with E-state index in [-0.39, 0.29) is 12.0 Å². The molecule has 7 heteroatoms. The van der Waals surface area contributed by atoms with Crippen molar-refractivity contribution in [3.05, 3.63) is 33.8 Å². The van der Waals surface area contributed by atoms with Crippen LogP contribution in [0.3, 0.4) is 0 Å². The van der Waals surface area contributed by atoms with Crippen LogP contribution < -0.4 is 4.72 Å². The number of benzene rings is 1. The monoisotopic (exact) mass is 365 g/mol. The minimum Gasteiger partial charge on any atom is -0.381 e. The lowest BCUT2D eigenvalue weighted by Crippen LogP contribution is -2.46. The molecule has 0 spiro atoms. The number of halogens is 2. The SMILES string of the molecule is CC(C)NS(=O)(=O)[C@@H]1CCOC[C@H]1Cc1c(Cl)cccc1Cl. The van der Waals surface area contributed by atoms with Gasteiger partial charge < -0.3 is 4.74 Å². The molecule has 4 nitrogen and oxygen atoms in total. The Morgan fingerprint density at radius 1 is 1.32 bits per heavy atom. The van der Waals surface area contributed by atoms with Gasteiger partial charge in [-0.25, -0.2) is 13.1 Å². The Hall–Kier alpha value is -0.330. The summed E-state index contributed by atoms with van der Waals surface area (Å²) in [6.45, 7) is 4.48. The summed E-state index contributed by atoms with van der Waals surface area (Å²) < 4.78 is 33.2. The first-order valence-electron chi connectivity index (χ1n) is 7.33. The standard InChI is InChI=1S/C15H21Cl2NO3S/c1-10(2)18-22(19,20)15-6-7-21-9-11(15)8-12-13(16)4-3-5-14(12)17/h3-5,10-11,15,18H,6-9H2,1-2H3/t11-,15-/m1/s1. The van der Waals surface area contributed by atoms with Crippen molar-refractivity contribution in [1.82, 2.24) is 4.72 Å². The third-order valence-electron chi connectivity index (χ3n) is 3.73. The molecule has 0 amide bonds. The van der Waals surface area contributed by atoms with Gasteiger partial charge in [0.1, 0.15) is 0 Å². The fourth-order valence-electron chi connectivity index (χ4n) is 2.78. The van der Waals surface area contributed by atoms with Gasteiger partial charge in [-0.3, -0.25) is 0 Å². The summed E-state index contributed by atoms with van der Waals surface area (Å²) in [4.78, 5) is 0. The number of ether oxygens (including phenoxy) is 1. The highest BCUT2D eigenvalue weighted by Gasteiger charge is 2.37. The molecule has 1 aliphatic heterocycles. The fourth-order valence-corrected chi connectivity index (χ4v) is 5.25. The van der Waals surface area contributed by atoms with E-state index >= 15 is 0 Å². The normalized spacial score (nSPS) is 23.0. The average molecular weight is 366 g/mol. The lowest BCUT2D eigenvalue weighted by atomic mass is 9.93. The summed E-state index contributed by atoms with van der Waals surface area (Å²) in [6, 6.07) is 5.18. The van der Waals surface area contributed by atoms with Crippen LogP contribution in [0.5, 0.6) is 0 Å². The predicted molar refractivity (Wildman–Crippen MR) is 90.1 cm³/mol. The van der Waals surface area contributed by atoms with E-state index in [9.17, 15) is 8.42 Å². The van der Waals surface area contributed by atoms with Gasteiger partial charge in [0.15, 0.2) is 0 Å². The maximum Gasteiger partial charge on any atom is 0.215 e. The molecule has 1 N–H and O–H groups in total. The van der Waals surface area contributed by atoms with Gasteiger partial charge in [-0.1, -0.05) is 29.3 Å². The predicted octanol–water partition coefficient (Wildman–Crippen LogP) is 3.27. The zero-order valence-corrected chi connectivity index (χ0v) is 15.0. The molecule has 0 radical (unpaired) electrons. The molecule has 1 heterocycles. The van der Waals surface area contributed by atoms with Crippen LogP contribution in [0, 0.1) is 5.92 Å². The molecule has 0 unspecified atom stereocenters. The lowest BCUT2D eigenvalue weighted by Gasteiger charge is -2.32. The van der Waals surface area contributed by atoms with Gasteiger partial charge in [-0.05, 0) is 44.4 Å². The molecule has 0 bridgehead atoms. The summed E-state index contributed by atoms with van der Waals surface area (Å²) in [7, 11) is -3.39. The van der Waals surface area contributed by atoms with E-state index in [0.717, 1.165) is 5.56 Å². The average Bonchev–Trinajstić information content (AvgIpc) is 2.42. The van der Waals surface area contributed by atoms with Crippen molar-refractivity contribution in [3.63, 3.8) is 0 Å². The van der Waals surface area contributed by atoms with Gasteiger partial charge in [0, 0.05) is 28.6 Å². The van der Waals surface area contributed by atoms with Crippen molar-refractivity contribution in [2.45, 2.75) is 38.0 Å². The van der Waals surface area contributed by atoms with E-state index in [1.807, 2.05) is 13.8 Å². The molecule has 2 rings (SSSR count). The number of hydrogen-bond donors (Lipinski definition) is 1. The van der Waals surface area contributed by atoms with Crippen LogP contribution in [0.25, 0.3) is 0 Å². The molecule has 0 aliphatic carbocycles. The van der Waals surface area contributed by atoms with E-state index < -0.39 is 15.3 Å². The molecule has 1 aromatic rings. The minimum atomic E-state index is -3.39. The van der Waals surface area contributed by atoms with E-state index in [4.69, 9.17) is 27.9 Å². The van der Waals surface area contributed by atoms with E-state index in [0.29, 0.717) is 36.1 Å². The molecule has 1 aromatic carbocycles. The van der Waals surface area contributed by atoms with Crippen LogP contribution in [0.4, 0.5) is 0 Å². The fraction of sp³-hybridized carbons (Fsp3) is 0.600. The highest BCUT2D eigenvalue weighted by atomic mass is 35.5. The summed E-state index contributed by atoms with van der Waals surface area (Å²) in [5.41, 5.74) is 0.783. The number of sulfonamides is 1. The summed E-state index contributed by atoms with van der Waals surface area (Å²) in [6.07, 6.45) is 0.969. The van der Waals surface area contributed by atoms with Gasteiger partial charge in [-0.15, -0.1) is 0 Å². The lowest BCUT2D eigenvalue weighted by molar-refractivity contribution is 0.0570. The molecule has 0 saturated carbocycles. The first kappa shape index (κ1) is 18.0. The minimum absolute atomic E-state index is 0.127. The van der Waals surface area contributed by atoms with Crippen molar-refractivity contribution in [1.29, 1.82) is 0 Å². The highest BCUT2D eigenvalue weighted by molar-refractivity contribution is 7.90. The van der Waals surface area contributed by atoms with Crippen molar-refractivity contribution < 1.29 is 13.2 Å². The Bertz CT molecular complexity index is 599. The van der Waals surface area contributed by atoms with Crippen LogP contribution in [0.2, 0.25) is 10.0 Å². The topological polar surface area (TPSA) is 55.4 Å². The van der Waals surface area contributed by atoms with Crippen molar-refractivity contribution >= 4 is 33.2 Å². The van der Waals surface area contributed by atoms with Gasteiger partial charge >= 0.3 is 0 Å². The van der Waals surface area contributed by atoms with Crippen LogP contribution in [0.1, 0.15) is 25.8 Å². The number of hydrogen-bond acceptors (Lipinski definition) is 3. The smallest absolute Gasteiger partial charge is 0.215 e. The molecule has 1 aliphatic rings. The maximum absolute atomic E-state index is 12.5. The third kappa shape index (κ3) is 4.36. The van der Waals surface area contributed by atoms with Crippen molar-refractivity contribution in [2.75, 3.05) is 13.2 Å². The number of rotatable bonds is 5. The summed E-state index contributed by atoms with van der Waals surface area (Å²) >= 11 is 12.4. The number of nitrogens with one attached hydrogen (secondary N) is 1. The van der Waals surface area contributed by atoms with E-state index in [2.05, 4.69) is 4.72 Å². The Labute approximate surface area is 142 Å². The molecule has 124 valence electrons. The van der Waals surface area contributed by atoms with Crippen molar-refractivity contribution in [3.8, 4) is 0 Å². The molecule has 1 saturated heterocycles. The second kappa shape index (κ2) is 7.49. The third-order valence-corrected chi connectivity index (χ3v) is 6.66.